The summed E-state index contributed by atoms with van der Waals surface area (Å²) in [4.78, 5) is 2.34. The fourth-order valence-corrected chi connectivity index (χ4v) is 3.01. The molecule has 1 atom stereocenters. The number of rotatable bonds is 1. The molecule has 3 aliphatic heterocycles. The lowest BCUT2D eigenvalue weighted by Crippen LogP contribution is -2.48. The van der Waals surface area contributed by atoms with Crippen molar-refractivity contribution in [3.05, 3.63) is 41.1 Å². The Hall–Kier alpha value is -1.28. The van der Waals surface area contributed by atoms with Gasteiger partial charge in [-0.2, -0.15) is 0 Å². The first kappa shape index (κ1) is 10.8. The number of fused-ring (bicyclic) bond motifs is 3. The second-order valence-electron chi connectivity index (χ2n) is 5.25. The van der Waals surface area contributed by atoms with Crippen LogP contribution in [-0.4, -0.2) is 29.2 Å². The molecule has 0 radical (unpaired) electrons. The topological polar surface area (TPSA) is 23.5 Å². The van der Waals surface area contributed by atoms with Gasteiger partial charge in [0.2, 0.25) is 0 Å². The molecule has 3 saturated heterocycles. The summed E-state index contributed by atoms with van der Waals surface area (Å²) >= 11 is 0. The predicted octanol–water partition coefficient (Wildman–Crippen LogP) is 2.42. The van der Waals surface area contributed by atoms with E-state index in [0.717, 1.165) is 31.6 Å². The normalized spacial score (nSPS) is 30.0. The highest BCUT2D eigenvalue weighted by Gasteiger charge is 2.36. The number of aryl methyl sites for hydroxylation is 1. The number of aliphatic hydroxyl groups excluding tert-OH is 1. The van der Waals surface area contributed by atoms with Crippen LogP contribution in [0.1, 0.15) is 24.0 Å². The number of aliphatic hydroxyl groups is 1. The quantitative estimate of drug-likeness (QED) is 0.799. The van der Waals surface area contributed by atoms with Crippen molar-refractivity contribution in [2.24, 2.45) is 5.92 Å². The molecule has 3 fully saturated rings. The Morgan fingerprint density at radius 1 is 1.29 bits per heavy atom. The Morgan fingerprint density at radius 2 is 2.06 bits per heavy atom. The third-order valence-electron chi connectivity index (χ3n) is 4.01. The predicted molar refractivity (Wildman–Crippen MR) is 69.5 cm³/mol. The molecule has 0 unspecified atom stereocenters. The van der Waals surface area contributed by atoms with Crippen molar-refractivity contribution in [2.45, 2.75) is 25.9 Å². The van der Waals surface area contributed by atoms with E-state index >= 15 is 0 Å². The van der Waals surface area contributed by atoms with Gasteiger partial charge in [0.15, 0.2) is 0 Å². The minimum atomic E-state index is -0.252. The summed E-state index contributed by atoms with van der Waals surface area (Å²) in [5.41, 5.74) is 3.59. The van der Waals surface area contributed by atoms with Gasteiger partial charge in [0.25, 0.3) is 0 Å². The molecule has 2 nitrogen and oxygen atoms in total. The average molecular weight is 229 g/mol. The third-order valence-corrected chi connectivity index (χ3v) is 4.01. The largest absolute Gasteiger partial charge is 0.387 e. The Balaban J connectivity index is 1.93. The first-order valence-electron chi connectivity index (χ1n) is 6.45. The fourth-order valence-electron chi connectivity index (χ4n) is 3.01. The highest BCUT2D eigenvalue weighted by atomic mass is 16.3. The van der Waals surface area contributed by atoms with Gasteiger partial charge in [0.1, 0.15) is 0 Å². The maximum Gasteiger partial charge on any atom is 0.0965 e. The van der Waals surface area contributed by atoms with E-state index in [2.05, 4.69) is 42.2 Å². The van der Waals surface area contributed by atoms with Crippen LogP contribution >= 0.6 is 0 Å². The van der Waals surface area contributed by atoms with Crippen LogP contribution in [0, 0.1) is 12.8 Å². The molecule has 17 heavy (non-hydrogen) atoms. The van der Waals surface area contributed by atoms with Crippen LogP contribution in [0.15, 0.2) is 30.0 Å². The van der Waals surface area contributed by atoms with E-state index in [4.69, 9.17) is 0 Å². The van der Waals surface area contributed by atoms with Gasteiger partial charge in [-0.15, -0.1) is 0 Å². The number of hydrogen-bond acceptors (Lipinski definition) is 2. The Morgan fingerprint density at radius 3 is 2.71 bits per heavy atom. The summed E-state index contributed by atoms with van der Waals surface area (Å²) < 4.78 is 0. The molecule has 0 amide bonds. The number of benzene rings is 1. The summed E-state index contributed by atoms with van der Waals surface area (Å²) in [5.74, 6) is 0.482. The first-order chi connectivity index (χ1) is 8.24. The minimum Gasteiger partial charge on any atom is -0.387 e. The van der Waals surface area contributed by atoms with Crippen molar-refractivity contribution in [3.8, 4) is 0 Å². The van der Waals surface area contributed by atoms with E-state index in [1.165, 1.54) is 11.1 Å². The molecule has 2 heteroatoms. The zero-order valence-corrected chi connectivity index (χ0v) is 10.3. The van der Waals surface area contributed by atoms with E-state index in [9.17, 15) is 5.11 Å². The highest BCUT2D eigenvalue weighted by Crippen LogP contribution is 2.35. The van der Waals surface area contributed by atoms with Crippen LogP contribution in [0.4, 0.5) is 0 Å². The lowest BCUT2D eigenvalue weighted by molar-refractivity contribution is 0.0215. The van der Waals surface area contributed by atoms with E-state index in [-0.39, 0.29) is 6.10 Å². The lowest BCUT2D eigenvalue weighted by atomic mass is 9.83. The van der Waals surface area contributed by atoms with Crippen LogP contribution in [0.25, 0.3) is 6.08 Å². The molecule has 1 aromatic rings. The van der Waals surface area contributed by atoms with Crippen molar-refractivity contribution >= 4 is 6.08 Å². The molecule has 4 rings (SSSR count). The number of hydrogen-bond donors (Lipinski definition) is 1. The molecule has 0 saturated carbocycles. The second kappa shape index (κ2) is 4.19. The van der Waals surface area contributed by atoms with Crippen LogP contribution in [-0.2, 0) is 0 Å². The van der Waals surface area contributed by atoms with Gasteiger partial charge in [0, 0.05) is 18.8 Å². The molecule has 90 valence electrons. The second-order valence-corrected chi connectivity index (χ2v) is 5.25. The van der Waals surface area contributed by atoms with E-state index in [1.807, 2.05) is 0 Å². The standard InChI is InChI=1S/C15H19NO/c1-11-3-2-4-12(9-11)10-14-15(17)13-5-7-16(14)8-6-13/h2-4,9-10,13,15,17H,5-8H2,1H3/b14-10-/t15-/m1/s1. The monoisotopic (exact) mass is 229 g/mol. The number of piperidine rings is 3. The van der Waals surface area contributed by atoms with E-state index in [0.29, 0.717) is 5.92 Å². The van der Waals surface area contributed by atoms with Crippen LogP contribution in [0.3, 0.4) is 0 Å². The third kappa shape index (κ3) is 1.98. The minimum absolute atomic E-state index is 0.252. The summed E-state index contributed by atoms with van der Waals surface area (Å²) in [6.45, 7) is 4.32. The Labute approximate surface area is 103 Å². The van der Waals surface area contributed by atoms with Crippen molar-refractivity contribution in [1.82, 2.24) is 4.90 Å². The molecule has 3 heterocycles. The molecule has 0 spiro atoms. The zero-order valence-electron chi connectivity index (χ0n) is 10.3. The smallest absolute Gasteiger partial charge is 0.0965 e. The molecule has 0 aromatic heterocycles. The highest BCUT2D eigenvalue weighted by molar-refractivity contribution is 5.55. The maximum atomic E-state index is 10.3. The van der Waals surface area contributed by atoms with Gasteiger partial charge in [-0.05, 0) is 37.3 Å². The van der Waals surface area contributed by atoms with E-state index < -0.39 is 0 Å². The maximum absolute atomic E-state index is 10.3. The molecule has 1 N–H and O–H groups in total. The van der Waals surface area contributed by atoms with E-state index in [1.54, 1.807) is 0 Å². The Bertz CT molecular complexity index is 440. The summed E-state index contributed by atoms with van der Waals surface area (Å²) in [7, 11) is 0. The van der Waals surface area contributed by atoms with Gasteiger partial charge < -0.3 is 10.0 Å². The van der Waals surface area contributed by atoms with Gasteiger partial charge >= 0.3 is 0 Å². The van der Waals surface area contributed by atoms with Crippen molar-refractivity contribution < 1.29 is 5.11 Å². The number of nitrogens with zero attached hydrogens (tertiary/aromatic N) is 1. The summed E-state index contributed by atoms with van der Waals surface area (Å²) in [6, 6.07) is 8.45. The van der Waals surface area contributed by atoms with Crippen LogP contribution < -0.4 is 0 Å². The van der Waals surface area contributed by atoms with Gasteiger partial charge in [0.05, 0.1) is 6.10 Å². The van der Waals surface area contributed by atoms with Crippen molar-refractivity contribution in [3.63, 3.8) is 0 Å². The van der Waals surface area contributed by atoms with Crippen molar-refractivity contribution in [2.75, 3.05) is 13.1 Å². The molecular weight excluding hydrogens is 210 g/mol. The molecular formula is C15H19NO. The lowest BCUT2D eigenvalue weighted by Gasteiger charge is -2.45. The molecule has 2 bridgehead atoms. The molecule has 3 aliphatic rings. The first-order valence-corrected chi connectivity index (χ1v) is 6.45. The van der Waals surface area contributed by atoms with Gasteiger partial charge in [-0.1, -0.05) is 29.8 Å². The summed E-state index contributed by atoms with van der Waals surface area (Å²) in [6.07, 6.45) is 4.19. The average Bonchev–Trinajstić information content (AvgIpc) is 2.34. The zero-order chi connectivity index (χ0) is 11.8. The van der Waals surface area contributed by atoms with Gasteiger partial charge in [-0.25, -0.2) is 0 Å². The SMILES string of the molecule is Cc1cccc(/C=C2/[C@H](O)C3CCN2CC3)c1. The molecule has 1 aromatic carbocycles. The van der Waals surface area contributed by atoms with Crippen LogP contribution in [0.5, 0.6) is 0 Å². The molecule has 0 aliphatic carbocycles. The summed E-state index contributed by atoms with van der Waals surface area (Å²) in [5, 5.41) is 10.3. The Kier molecular flexibility index (Phi) is 2.67. The fraction of sp³-hybridized carbons (Fsp3) is 0.467. The van der Waals surface area contributed by atoms with Gasteiger partial charge in [-0.3, -0.25) is 0 Å². The van der Waals surface area contributed by atoms with Crippen molar-refractivity contribution in [1.29, 1.82) is 0 Å². The van der Waals surface area contributed by atoms with Crippen LogP contribution in [0.2, 0.25) is 0 Å².